The molecular weight excluding hydrogens is 388 g/mol. The second kappa shape index (κ2) is 8.82. The number of aryl methyl sites for hydroxylation is 2. The molecule has 0 saturated carbocycles. The Kier molecular flexibility index (Phi) is 6.42. The lowest BCUT2D eigenvalue weighted by Crippen LogP contribution is -2.29. The molecule has 6 nitrogen and oxygen atoms in total. The third kappa shape index (κ3) is 4.37. The van der Waals surface area contributed by atoms with E-state index in [0.717, 1.165) is 41.7 Å². The highest BCUT2D eigenvalue weighted by Crippen LogP contribution is 2.26. The second-order valence-electron chi connectivity index (χ2n) is 7.47. The van der Waals surface area contributed by atoms with Gasteiger partial charge in [-0.05, 0) is 43.5 Å². The van der Waals surface area contributed by atoms with Crippen molar-refractivity contribution >= 4 is 23.0 Å². The number of fused-ring (bicyclic) bond motifs is 1. The first-order valence-electron chi connectivity index (χ1n) is 10.0. The number of hydrogen-bond acceptors (Lipinski definition) is 3. The SMILES string of the molecule is CCCc1cc(C)[nH]c(=O)c1CNC(=O)c1cc(Cl)cc2c(C(C)CC)ncn12. The molecule has 0 aliphatic rings. The smallest absolute Gasteiger partial charge is 0.268 e. The zero-order chi connectivity index (χ0) is 21.1. The molecule has 3 aromatic rings. The first kappa shape index (κ1) is 21.1. The third-order valence-electron chi connectivity index (χ3n) is 5.26. The van der Waals surface area contributed by atoms with Crippen molar-refractivity contribution in [2.75, 3.05) is 0 Å². The summed E-state index contributed by atoms with van der Waals surface area (Å²) in [6, 6.07) is 5.42. The van der Waals surface area contributed by atoms with E-state index in [1.807, 2.05) is 19.1 Å². The molecule has 3 rings (SSSR count). The van der Waals surface area contributed by atoms with Crippen LogP contribution in [0, 0.1) is 6.92 Å². The van der Waals surface area contributed by atoms with Gasteiger partial charge in [0.2, 0.25) is 0 Å². The number of H-pyrrole nitrogens is 1. The van der Waals surface area contributed by atoms with E-state index in [-0.39, 0.29) is 23.9 Å². The lowest BCUT2D eigenvalue weighted by Gasteiger charge is -2.12. The molecule has 3 heterocycles. The molecule has 0 aromatic carbocycles. The van der Waals surface area contributed by atoms with Crippen LogP contribution in [0.25, 0.3) is 5.52 Å². The lowest BCUT2D eigenvalue weighted by atomic mass is 10.0. The van der Waals surface area contributed by atoms with Crippen molar-refractivity contribution in [3.8, 4) is 0 Å². The van der Waals surface area contributed by atoms with Crippen LogP contribution >= 0.6 is 11.6 Å². The van der Waals surface area contributed by atoms with Gasteiger partial charge in [-0.2, -0.15) is 0 Å². The Bertz CT molecular complexity index is 1100. The number of imidazole rings is 1. The number of aromatic amines is 1. The average Bonchev–Trinajstić information content (AvgIpc) is 3.09. The van der Waals surface area contributed by atoms with E-state index in [1.54, 1.807) is 16.8 Å². The van der Waals surface area contributed by atoms with Crippen LogP contribution in [0.1, 0.15) is 72.5 Å². The molecule has 0 fully saturated rings. The normalized spacial score (nSPS) is 12.3. The van der Waals surface area contributed by atoms with Crippen molar-refractivity contribution in [3.05, 3.63) is 68.1 Å². The van der Waals surface area contributed by atoms with Crippen LogP contribution < -0.4 is 10.9 Å². The van der Waals surface area contributed by atoms with Gasteiger partial charge in [0.05, 0.1) is 11.2 Å². The van der Waals surface area contributed by atoms with Crippen LogP contribution in [0.2, 0.25) is 5.02 Å². The van der Waals surface area contributed by atoms with Gasteiger partial charge in [0.15, 0.2) is 0 Å². The molecule has 29 heavy (non-hydrogen) atoms. The first-order valence-corrected chi connectivity index (χ1v) is 10.4. The van der Waals surface area contributed by atoms with Gasteiger partial charge < -0.3 is 10.3 Å². The zero-order valence-electron chi connectivity index (χ0n) is 17.3. The van der Waals surface area contributed by atoms with E-state index in [0.29, 0.717) is 16.3 Å². The second-order valence-corrected chi connectivity index (χ2v) is 7.91. The Morgan fingerprint density at radius 3 is 2.76 bits per heavy atom. The number of halogens is 1. The molecule has 1 atom stereocenters. The third-order valence-corrected chi connectivity index (χ3v) is 5.48. The van der Waals surface area contributed by atoms with Gasteiger partial charge in [-0.3, -0.25) is 14.0 Å². The van der Waals surface area contributed by atoms with Gasteiger partial charge in [0, 0.05) is 28.7 Å². The predicted octanol–water partition coefficient (Wildman–Crippen LogP) is 4.38. The summed E-state index contributed by atoms with van der Waals surface area (Å²) in [5.41, 5.74) is 4.37. The fraction of sp³-hybridized carbons (Fsp3) is 0.409. The van der Waals surface area contributed by atoms with Gasteiger partial charge in [-0.1, -0.05) is 38.8 Å². The number of amides is 1. The molecule has 0 saturated heterocycles. The molecule has 0 aliphatic carbocycles. The number of rotatable bonds is 7. The van der Waals surface area contributed by atoms with E-state index >= 15 is 0 Å². The van der Waals surface area contributed by atoms with E-state index in [1.165, 1.54) is 0 Å². The molecule has 3 aromatic heterocycles. The van der Waals surface area contributed by atoms with E-state index in [2.05, 4.69) is 36.1 Å². The Balaban J connectivity index is 1.92. The largest absolute Gasteiger partial charge is 0.346 e. The average molecular weight is 415 g/mol. The summed E-state index contributed by atoms with van der Waals surface area (Å²) in [6.07, 6.45) is 4.31. The fourth-order valence-electron chi connectivity index (χ4n) is 3.56. The van der Waals surface area contributed by atoms with Crippen molar-refractivity contribution in [2.24, 2.45) is 0 Å². The molecule has 7 heteroatoms. The quantitative estimate of drug-likeness (QED) is 0.602. The minimum absolute atomic E-state index is 0.157. The molecule has 0 radical (unpaired) electrons. The summed E-state index contributed by atoms with van der Waals surface area (Å²) in [6.45, 7) is 8.28. The lowest BCUT2D eigenvalue weighted by molar-refractivity contribution is 0.0944. The van der Waals surface area contributed by atoms with Crippen molar-refractivity contribution in [3.63, 3.8) is 0 Å². The molecule has 1 unspecified atom stereocenters. The number of aromatic nitrogens is 3. The maximum absolute atomic E-state index is 12.9. The van der Waals surface area contributed by atoms with Crippen molar-refractivity contribution in [2.45, 2.75) is 59.4 Å². The van der Waals surface area contributed by atoms with Crippen LogP contribution in [-0.4, -0.2) is 20.3 Å². The summed E-state index contributed by atoms with van der Waals surface area (Å²) in [5.74, 6) is -0.0369. The van der Waals surface area contributed by atoms with Crippen LogP contribution in [0.3, 0.4) is 0 Å². The van der Waals surface area contributed by atoms with Gasteiger partial charge in [0.25, 0.3) is 11.5 Å². The number of pyridine rings is 2. The Hall–Kier alpha value is -2.60. The molecule has 1 amide bonds. The van der Waals surface area contributed by atoms with E-state index < -0.39 is 0 Å². The summed E-state index contributed by atoms with van der Waals surface area (Å²) < 4.78 is 1.76. The summed E-state index contributed by atoms with van der Waals surface area (Å²) in [5, 5.41) is 3.36. The maximum atomic E-state index is 12.9. The monoisotopic (exact) mass is 414 g/mol. The van der Waals surface area contributed by atoms with Crippen molar-refractivity contribution < 1.29 is 4.79 Å². The number of carbonyl (C=O) groups is 1. The molecule has 0 spiro atoms. The van der Waals surface area contributed by atoms with E-state index in [4.69, 9.17) is 11.6 Å². The van der Waals surface area contributed by atoms with Gasteiger partial charge >= 0.3 is 0 Å². The Labute approximate surface area is 175 Å². The number of hydrogen-bond donors (Lipinski definition) is 2. The highest BCUT2D eigenvalue weighted by atomic mass is 35.5. The van der Waals surface area contributed by atoms with Crippen LogP contribution in [0.4, 0.5) is 0 Å². The van der Waals surface area contributed by atoms with E-state index in [9.17, 15) is 9.59 Å². The van der Waals surface area contributed by atoms with Crippen molar-refractivity contribution in [1.82, 2.24) is 19.7 Å². The highest BCUT2D eigenvalue weighted by molar-refractivity contribution is 6.31. The Morgan fingerprint density at radius 2 is 2.07 bits per heavy atom. The summed E-state index contributed by atoms with van der Waals surface area (Å²) >= 11 is 6.29. The number of nitrogens with one attached hydrogen (secondary N) is 2. The molecule has 2 N–H and O–H groups in total. The van der Waals surface area contributed by atoms with Crippen molar-refractivity contribution in [1.29, 1.82) is 0 Å². The topological polar surface area (TPSA) is 79.3 Å². The standard InChI is InChI=1S/C22H27ClN4O2/c1-5-7-15-8-14(4)26-21(28)17(15)11-24-22(29)19-10-16(23)9-18-20(13(3)6-2)25-12-27(18)19/h8-10,12-13H,5-7,11H2,1-4H3,(H,24,29)(H,26,28). The molecule has 0 bridgehead atoms. The van der Waals surface area contributed by atoms with Gasteiger partial charge in [-0.15, -0.1) is 0 Å². The minimum atomic E-state index is -0.298. The first-order chi connectivity index (χ1) is 13.8. The number of carbonyl (C=O) groups excluding carboxylic acids is 1. The minimum Gasteiger partial charge on any atom is -0.346 e. The zero-order valence-corrected chi connectivity index (χ0v) is 18.1. The molecule has 0 aliphatic heterocycles. The molecule has 154 valence electrons. The fourth-order valence-corrected chi connectivity index (χ4v) is 3.76. The number of nitrogens with zero attached hydrogens (tertiary/aromatic N) is 2. The molecular formula is C22H27ClN4O2. The predicted molar refractivity (Wildman–Crippen MR) is 116 cm³/mol. The Morgan fingerprint density at radius 1 is 1.31 bits per heavy atom. The van der Waals surface area contributed by atoms with Crippen LogP contribution in [0.5, 0.6) is 0 Å². The highest BCUT2D eigenvalue weighted by Gasteiger charge is 2.18. The summed E-state index contributed by atoms with van der Waals surface area (Å²) in [7, 11) is 0. The van der Waals surface area contributed by atoms with Crippen LogP contribution in [-0.2, 0) is 13.0 Å². The van der Waals surface area contributed by atoms with Gasteiger partial charge in [-0.25, -0.2) is 4.98 Å². The summed E-state index contributed by atoms with van der Waals surface area (Å²) in [4.78, 5) is 32.7. The van der Waals surface area contributed by atoms with Gasteiger partial charge in [0.1, 0.15) is 12.0 Å². The maximum Gasteiger partial charge on any atom is 0.268 e. The van der Waals surface area contributed by atoms with Crippen LogP contribution in [0.15, 0.2) is 29.3 Å².